The van der Waals surface area contributed by atoms with Crippen LogP contribution in [0, 0.1) is 0 Å². The maximum atomic E-state index is 3.47. The molecule has 1 aliphatic rings. The largest absolute Gasteiger partial charge is 0.314 e. The predicted molar refractivity (Wildman–Crippen MR) is 90.7 cm³/mol. The lowest BCUT2D eigenvalue weighted by Gasteiger charge is -2.12. The van der Waals surface area contributed by atoms with Gasteiger partial charge in [-0.3, -0.25) is 0 Å². The standard InChI is InChI=1S/C20H25N/c1-3-21-15(2)13-16-7-9-18(10-8-16)20-12-11-17-5-4-6-19(17)14-20/h7-12,14-15,21H,3-6,13H2,1-2H3. The van der Waals surface area contributed by atoms with Crippen molar-refractivity contribution in [3.05, 3.63) is 59.2 Å². The summed E-state index contributed by atoms with van der Waals surface area (Å²) in [4.78, 5) is 0. The average Bonchev–Trinajstić information content (AvgIpc) is 2.95. The molecule has 0 aromatic heterocycles. The SMILES string of the molecule is CCNC(C)Cc1ccc(-c2ccc3c(c2)CCC3)cc1. The Balaban J connectivity index is 1.75. The molecule has 0 spiro atoms. The molecule has 1 atom stereocenters. The highest BCUT2D eigenvalue weighted by atomic mass is 14.9. The second-order valence-electron chi connectivity index (χ2n) is 6.20. The average molecular weight is 279 g/mol. The lowest BCUT2D eigenvalue weighted by atomic mass is 9.98. The van der Waals surface area contributed by atoms with Gasteiger partial charge in [0, 0.05) is 6.04 Å². The fraction of sp³-hybridized carbons (Fsp3) is 0.400. The van der Waals surface area contributed by atoms with Gasteiger partial charge in [-0.05, 0) is 67.0 Å². The second-order valence-corrected chi connectivity index (χ2v) is 6.20. The monoisotopic (exact) mass is 279 g/mol. The van der Waals surface area contributed by atoms with E-state index in [4.69, 9.17) is 0 Å². The predicted octanol–water partition coefficient (Wildman–Crippen LogP) is 4.38. The van der Waals surface area contributed by atoms with E-state index < -0.39 is 0 Å². The van der Waals surface area contributed by atoms with Crippen LogP contribution in [0.4, 0.5) is 0 Å². The normalized spacial score (nSPS) is 15.0. The van der Waals surface area contributed by atoms with Crippen molar-refractivity contribution in [3.8, 4) is 11.1 Å². The van der Waals surface area contributed by atoms with Crippen molar-refractivity contribution in [1.29, 1.82) is 0 Å². The molecule has 0 fully saturated rings. The Morgan fingerprint density at radius 1 is 0.952 bits per heavy atom. The van der Waals surface area contributed by atoms with Gasteiger partial charge in [0.25, 0.3) is 0 Å². The van der Waals surface area contributed by atoms with E-state index in [1.54, 1.807) is 11.1 Å². The van der Waals surface area contributed by atoms with E-state index in [2.05, 4.69) is 61.6 Å². The third-order valence-corrected chi connectivity index (χ3v) is 4.48. The molecular formula is C20H25N. The topological polar surface area (TPSA) is 12.0 Å². The van der Waals surface area contributed by atoms with Crippen molar-refractivity contribution >= 4 is 0 Å². The van der Waals surface area contributed by atoms with Gasteiger partial charge in [0.1, 0.15) is 0 Å². The molecule has 1 aliphatic carbocycles. The number of rotatable bonds is 5. The molecule has 1 heteroatoms. The van der Waals surface area contributed by atoms with Crippen LogP contribution in [0.3, 0.4) is 0 Å². The summed E-state index contributed by atoms with van der Waals surface area (Å²) in [5.74, 6) is 0. The molecule has 0 saturated carbocycles. The molecule has 0 heterocycles. The molecule has 2 aromatic rings. The van der Waals surface area contributed by atoms with Crippen LogP contribution in [0.15, 0.2) is 42.5 Å². The fourth-order valence-corrected chi connectivity index (χ4v) is 3.36. The maximum absolute atomic E-state index is 3.47. The van der Waals surface area contributed by atoms with Crippen LogP contribution in [0.25, 0.3) is 11.1 Å². The minimum absolute atomic E-state index is 0.542. The van der Waals surface area contributed by atoms with Crippen molar-refractivity contribution in [2.75, 3.05) is 6.54 Å². The van der Waals surface area contributed by atoms with E-state index in [1.165, 1.54) is 36.0 Å². The molecule has 2 aromatic carbocycles. The van der Waals surface area contributed by atoms with Gasteiger partial charge in [0.15, 0.2) is 0 Å². The van der Waals surface area contributed by atoms with Gasteiger partial charge in [0.05, 0.1) is 0 Å². The summed E-state index contributed by atoms with van der Waals surface area (Å²) in [6, 6.07) is 16.6. The molecule has 3 rings (SSSR count). The number of likely N-dealkylation sites (N-methyl/N-ethyl adjacent to an activating group) is 1. The van der Waals surface area contributed by atoms with Gasteiger partial charge in [-0.25, -0.2) is 0 Å². The van der Waals surface area contributed by atoms with Gasteiger partial charge in [-0.1, -0.05) is 49.4 Å². The molecule has 0 amide bonds. The van der Waals surface area contributed by atoms with Gasteiger partial charge >= 0.3 is 0 Å². The van der Waals surface area contributed by atoms with Gasteiger partial charge < -0.3 is 5.32 Å². The zero-order valence-corrected chi connectivity index (χ0v) is 13.2. The number of fused-ring (bicyclic) bond motifs is 1. The molecular weight excluding hydrogens is 254 g/mol. The second kappa shape index (κ2) is 6.44. The van der Waals surface area contributed by atoms with Crippen LogP contribution >= 0.6 is 0 Å². The molecule has 1 nitrogen and oxygen atoms in total. The Bertz CT molecular complexity index is 598. The molecule has 0 aliphatic heterocycles. The van der Waals surface area contributed by atoms with Crippen LogP contribution in [-0.2, 0) is 19.3 Å². The van der Waals surface area contributed by atoms with Gasteiger partial charge in [0.2, 0.25) is 0 Å². The first-order valence-electron chi connectivity index (χ1n) is 8.20. The van der Waals surface area contributed by atoms with Crippen LogP contribution in [0.5, 0.6) is 0 Å². The third-order valence-electron chi connectivity index (χ3n) is 4.48. The van der Waals surface area contributed by atoms with Crippen LogP contribution in [-0.4, -0.2) is 12.6 Å². The van der Waals surface area contributed by atoms with E-state index in [-0.39, 0.29) is 0 Å². The smallest absolute Gasteiger partial charge is 0.00790 e. The minimum atomic E-state index is 0.542. The summed E-state index contributed by atoms with van der Waals surface area (Å²) in [7, 11) is 0. The Hall–Kier alpha value is -1.60. The summed E-state index contributed by atoms with van der Waals surface area (Å²) in [5.41, 5.74) is 7.21. The molecule has 0 radical (unpaired) electrons. The summed E-state index contributed by atoms with van der Waals surface area (Å²) >= 11 is 0. The highest BCUT2D eigenvalue weighted by Gasteiger charge is 2.11. The molecule has 1 unspecified atom stereocenters. The summed E-state index contributed by atoms with van der Waals surface area (Å²) in [6.45, 7) is 5.44. The lowest BCUT2D eigenvalue weighted by molar-refractivity contribution is 0.565. The first kappa shape index (κ1) is 14.3. The van der Waals surface area contributed by atoms with Crippen LogP contribution < -0.4 is 5.32 Å². The van der Waals surface area contributed by atoms with E-state index in [0.29, 0.717) is 6.04 Å². The van der Waals surface area contributed by atoms with E-state index in [0.717, 1.165) is 13.0 Å². The Morgan fingerprint density at radius 2 is 1.67 bits per heavy atom. The van der Waals surface area contributed by atoms with Gasteiger partial charge in [-0.2, -0.15) is 0 Å². The number of benzene rings is 2. The molecule has 0 saturated heterocycles. The number of nitrogens with one attached hydrogen (secondary N) is 1. The van der Waals surface area contributed by atoms with Crippen molar-refractivity contribution in [2.45, 2.75) is 45.6 Å². The van der Waals surface area contributed by atoms with Crippen molar-refractivity contribution in [2.24, 2.45) is 0 Å². The fourth-order valence-electron chi connectivity index (χ4n) is 3.36. The number of aryl methyl sites for hydroxylation is 2. The first-order valence-corrected chi connectivity index (χ1v) is 8.20. The molecule has 0 bridgehead atoms. The quantitative estimate of drug-likeness (QED) is 0.856. The Labute approximate surface area is 128 Å². The van der Waals surface area contributed by atoms with E-state index in [9.17, 15) is 0 Å². The Morgan fingerprint density at radius 3 is 2.43 bits per heavy atom. The van der Waals surface area contributed by atoms with Crippen LogP contribution in [0.2, 0.25) is 0 Å². The zero-order chi connectivity index (χ0) is 14.7. The van der Waals surface area contributed by atoms with Crippen molar-refractivity contribution in [1.82, 2.24) is 5.32 Å². The van der Waals surface area contributed by atoms with Gasteiger partial charge in [-0.15, -0.1) is 0 Å². The molecule has 1 N–H and O–H groups in total. The Kier molecular flexibility index (Phi) is 4.40. The zero-order valence-electron chi connectivity index (χ0n) is 13.2. The third kappa shape index (κ3) is 3.36. The highest BCUT2D eigenvalue weighted by molar-refractivity contribution is 5.65. The molecule has 110 valence electrons. The number of hydrogen-bond donors (Lipinski definition) is 1. The highest BCUT2D eigenvalue weighted by Crippen LogP contribution is 2.28. The van der Waals surface area contributed by atoms with Crippen LogP contribution in [0.1, 0.15) is 37.0 Å². The summed E-state index contributed by atoms with van der Waals surface area (Å²) < 4.78 is 0. The number of hydrogen-bond acceptors (Lipinski definition) is 1. The lowest BCUT2D eigenvalue weighted by Crippen LogP contribution is -2.27. The summed E-state index contributed by atoms with van der Waals surface area (Å²) in [5, 5.41) is 3.47. The first-order chi connectivity index (χ1) is 10.3. The van der Waals surface area contributed by atoms with Crippen molar-refractivity contribution < 1.29 is 0 Å². The summed E-state index contributed by atoms with van der Waals surface area (Å²) in [6.07, 6.45) is 4.93. The van der Waals surface area contributed by atoms with E-state index >= 15 is 0 Å². The minimum Gasteiger partial charge on any atom is -0.314 e. The maximum Gasteiger partial charge on any atom is 0.00790 e. The van der Waals surface area contributed by atoms with Crippen molar-refractivity contribution in [3.63, 3.8) is 0 Å². The molecule has 21 heavy (non-hydrogen) atoms. The van der Waals surface area contributed by atoms with E-state index in [1.807, 2.05) is 0 Å².